The summed E-state index contributed by atoms with van der Waals surface area (Å²) >= 11 is 7.55. The second-order valence-corrected chi connectivity index (χ2v) is 7.11. The highest BCUT2D eigenvalue weighted by Crippen LogP contribution is 2.24. The van der Waals surface area contributed by atoms with Crippen molar-refractivity contribution < 1.29 is 14.3 Å². The number of hydrogen-bond acceptors (Lipinski definition) is 4. The Bertz CT molecular complexity index is 1000. The fraction of sp³-hybridized carbons (Fsp3) is 0.263. The highest BCUT2D eigenvalue weighted by molar-refractivity contribution is 7.16. The molecule has 5 nitrogen and oxygen atoms in total. The fourth-order valence-electron chi connectivity index (χ4n) is 2.65. The molecule has 0 atom stereocenters. The first-order chi connectivity index (χ1) is 12.5. The Morgan fingerprint density at radius 1 is 1.15 bits per heavy atom. The van der Waals surface area contributed by atoms with Crippen molar-refractivity contribution in [1.29, 1.82) is 0 Å². The standard InChI is InChI=1S/C19H19ClN2O3S/c1-4-7-22-16-6-5-13(20)10-17(16)26-19(22)21-18(23)12-8-14(24-2)11-15(9-12)25-3/h5-6,8-11H,4,7H2,1-3H3. The molecular formula is C19H19ClN2O3S. The zero-order valence-corrected chi connectivity index (χ0v) is 16.4. The lowest BCUT2D eigenvalue weighted by molar-refractivity contribution is 0.0997. The van der Waals surface area contributed by atoms with Crippen LogP contribution in [0.2, 0.25) is 5.02 Å². The SMILES string of the molecule is CCCn1c(=NC(=O)c2cc(OC)cc(OC)c2)sc2cc(Cl)ccc21. The molecule has 0 aliphatic carbocycles. The van der Waals surface area contributed by atoms with E-state index in [1.54, 1.807) is 32.4 Å². The van der Waals surface area contributed by atoms with Crippen LogP contribution in [0.25, 0.3) is 10.2 Å². The van der Waals surface area contributed by atoms with Gasteiger partial charge in [-0.05, 0) is 36.8 Å². The maximum absolute atomic E-state index is 12.7. The Hall–Kier alpha value is -2.31. The van der Waals surface area contributed by atoms with Crippen LogP contribution in [0.5, 0.6) is 11.5 Å². The zero-order valence-electron chi connectivity index (χ0n) is 14.8. The van der Waals surface area contributed by atoms with Gasteiger partial charge >= 0.3 is 0 Å². The highest BCUT2D eigenvalue weighted by atomic mass is 35.5. The van der Waals surface area contributed by atoms with Crippen molar-refractivity contribution in [3.63, 3.8) is 0 Å². The number of aromatic nitrogens is 1. The number of carbonyl (C=O) groups excluding carboxylic acids is 1. The van der Waals surface area contributed by atoms with Gasteiger partial charge in [-0.15, -0.1) is 0 Å². The summed E-state index contributed by atoms with van der Waals surface area (Å²) in [4.78, 5) is 17.7. The van der Waals surface area contributed by atoms with Gasteiger partial charge in [-0.3, -0.25) is 4.79 Å². The molecule has 0 bridgehead atoms. The molecule has 0 fully saturated rings. The van der Waals surface area contributed by atoms with E-state index in [9.17, 15) is 4.79 Å². The number of amides is 1. The summed E-state index contributed by atoms with van der Waals surface area (Å²) in [5.74, 6) is 0.754. The molecule has 3 rings (SSSR count). The molecule has 0 aliphatic heterocycles. The van der Waals surface area contributed by atoms with Gasteiger partial charge in [0.1, 0.15) is 11.5 Å². The van der Waals surface area contributed by atoms with Crippen LogP contribution < -0.4 is 14.3 Å². The average molecular weight is 391 g/mol. The molecule has 136 valence electrons. The largest absolute Gasteiger partial charge is 0.497 e. The number of halogens is 1. The summed E-state index contributed by atoms with van der Waals surface area (Å²) < 4.78 is 13.5. The molecule has 3 aromatic rings. The number of thiazole rings is 1. The van der Waals surface area contributed by atoms with Crippen LogP contribution in [0.4, 0.5) is 0 Å². The fourth-order valence-corrected chi connectivity index (χ4v) is 3.98. The van der Waals surface area contributed by atoms with Gasteiger partial charge in [-0.1, -0.05) is 29.9 Å². The highest BCUT2D eigenvalue weighted by Gasteiger charge is 2.12. The summed E-state index contributed by atoms with van der Waals surface area (Å²) in [7, 11) is 3.09. The molecule has 0 unspecified atom stereocenters. The molecule has 26 heavy (non-hydrogen) atoms. The molecule has 1 aromatic heterocycles. The number of aryl methyl sites for hydroxylation is 1. The molecule has 0 saturated carbocycles. The molecule has 1 amide bonds. The molecule has 0 N–H and O–H groups in total. The van der Waals surface area contributed by atoms with E-state index in [1.165, 1.54) is 11.3 Å². The molecule has 2 aromatic carbocycles. The number of benzene rings is 2. The van der Waals surface area contributed by atoms with E-state index in [0.717, 1.165) is 23.2 Å². The van der Waals surface area contributed by atoms with E-state index < -0.39 is 0 Å². The maximum atomic E-state index is 12.7. The Kier molecular flexibility index (Phi) is 5.64. The summed E-state index contributed by atoms with van der Waals surface area (Å²) in [5.41, 5.74) is 1.44. The average Bonchev–Trinajstić information content (AvgIpc) is 2.97. The van der Waals surface area contributed by atoms with Crippen molar-refractivity contribution >= 4 is 39.1 Å². The van der Waals surface area contributed by atoms with E-state index in [-0.39, 0.29) is 5.91 Å². The number of fused-ring (bicyclic) bond motifs is 1. The van der Waals surface area contributed by atoms with Crippen LogP contribution >= 0.6 is 22.9 Å². The maximum Gasteiger partial charge on any atom is 0.279 e. The zero-order chi connectivity index (χ0) is 18.7. The topological polar surface area (TPSA) is 52.8 Å². The van der Waals surface area contributed by atoms with Gasteiger partial charge in [-0.2, -0.15) is 4.99 Å². The second-order valence-electron chi connectivity index (χ2n) is 5.67. The van der Waals surface area contributed by atoms with Crippen molar-refractivity contribution in [2.45, 2.75) is 19.9 Å². The Balaban J connectivity index is 2.12. The molecule has 0 saturated heterocycles. The first-order valence-electron chi connectivity index (χ1n) is 8.16. The normalized spacial score (nSPS) is 11.8. The number of ether oxygens (including phenoxy) is 2. The summed E-state index contributed by atoms with van der Waals surface area (Å²) in [6, 6.07) is 10.7. The van der Waals surface area contributed by atoms with Gasteiger partial charge in [0.25, 0.3) is 5.91 Å². The third-order valence-corrected chi connectivity index (χ3v) is 5.16. The van der Waals surface area contributed by atoms with Crippen LogP contribution in [0.15, 0.2) is 41.4 Å². The minimum atomic E-state index is -0.343. The van der Waals surface area contributed by atoms with Gasteiger partial charge < -0.3 is 14.0 Å². The van der Waals surface area contributed by atoms with Gasteiger partial charge in [-0.25, -0.2) is 0 Å². The smallest absolute Gasteiger partial charge is 0.279 e. The minimum Gasteiger partial charge on any atom is -0.497 e. The number of hydrogen-bond donors (Lipinski definition) is 0. The lowest BCUT2D eigenvalue weighted by atomic mass is 10.2. The quantitative estimate of drug-likeness (QED) is 0.643. The molecule has 0 radical (unpaired) electrons. The monoisotopic (exact) mass is 390 g/mol. The molecule has 1 heterocycles. The van der Waals surface area contributed by atoms with E-state index in [1.807, 2.05) is 22.8 Å². The van der Waals surface area contributed by atoms with Crippen LogP contribution in [0.1, 0.15) is 23.7 Å². The van der Waals surface area contributed by atoms with Crippen LogP contribution in [0.3, 0.4) is 0 Å². The van der Waals surface area contributed by atoms with E-state index in [4.69, 9.17) is 21.1 Å². The summed E-state index contributed by atoms with van der Waals surface area (Å²) in [6.07, 6.45) is 0.933. The lowest BCUT2D eigenvalue weighted by Crippen LogP contribution is -2.16. The number of nitrogens with zero attached hydrogens (tertiary/aromatic N) is 2. The van der Waals surface area contributed by atoms with Crippen molar-refractivity contribution in [2.24, 2.45) is 4.99 Å². The van der Waals surface area contributed by atoms with E-state index in [2.05, 4.69) is 11.9 Å². The van der Waals surface area contributed by atoms with Crippen molar-refractivity contribution in [1.82, 2.24) is 4.57 Å². The lowest BCUT2D eigenvalue weighted by Gasteiger charge is -2.06. The Morgan fingerprint density at radius 3 is 2.46 bits per heavy atom. The third-order valence-electron chi connectivity index (χ3n) is 3.89. The predicted octanol–water partition coefficient (Wildman–Crippen LogP) is 4.52. The van der Waals surface area contributed by atoms with Gasteiger partial charge in [0.2, 0.25) is 0 Å². The molecule has 0 aliphatic rings. The van der Waals surface area contributed by atoms with Gasteiger partial charge in [0.15, 0.2) is 4.80 Å². The third kappa shape index (κ3) is 3.76. The van der Waals surface area contributed by atoms with Crippen LogP contribution in [-0.4, -0.2) is 24.7 Å². The first kappa shape index (κ1) is 18.5. The Labute approximate surface area is 160 Å². The first-order valence-corrected chi connectivity index (χ1v) is 9.36. The van der Waals surface area contributed by atoms with Crippen LogP contribution in [-0.2, 0) is 6.54 Å². The number of rotatable bonds is 5. The van der Waals surface area contributed by atoms with Crippen molar-refractivity contribution in [3.05, 3.63) is 51.8 Å². The summed E-state index contributed by atoms with van der Waals surface area (Å²) in [5, 5.41) is 0.665. The van der Waals surface area contributed by atoms with Gasteiger partial charge in [0.05, 0.1) is 24.4 Å². The second kappa shape index (κ2) is 7.93. The minimum absolute atomic E-state index is 0.343. The van der Waals surface area contributed by atoms with Crippen LogP contribution in [0, 0.1) is 0 Å². The molecular weight excluding hydrogens is 372 g/mol. The van der Waals surface area contributed by atoms with E-state index >= 15 is 0 Å². The van der Waals surface area contributed by atoms with Crippen molar-refractivity contribution in [2.75, 3.05) is 14.2 Å². The van der Waals surface area contributed by atoms with E-state index in [0.29, 0.717) is 26.9 Å². The molecule has 0 spiro atoms. The number of carbonyl (C=O) groups is 1. The predicted molar refractivity (Wildman–Crippen MR) is 105 cm³/mol. The van der Waals surface area contributed by atoms with Crippen molar-refractivity contribution in [3.8, 4) is 11.5 Å². The summed E-state index contributed by atoms with van der Waals surface area (Å²) in [6.45, 7) is 2.86. The number of methoxy groups -OCH3 is 2. The molecule has 7 heteroatoms. The Morgan fingerprint density at radius 2 is 1.85 bits per heavy atom. The van der Waals surface area contributed by atoms with Gasteiger partial charge in [0, 0.05) is 23.2 Å².